The number of aryl methyl sites for hydroxylation is 1. The second-order valence-corrected chi connectivity index (χ2v) is 4.99. The SMILES string of the molecule is CCCCN(CC)CC(=O)c1cc(C)n(C)c1C. The van der Waals surface area contributed by atoms with Crippen LogP contribution in [0.2, 0.25) is 0 Å². The number of carbonyl (C=O) groups excluding carboxylic acids is 1. The fourth-order valence-electron chi connectivity index (χ4n) is 2.16. The van der Waals surface area contributed by atoms with Gasteiger partial charge in [0.15, 0.2) is 5.78 Å². The van der Waals surface area contributed by atoms with Gasteiger partial charge in [0, 0.05) is 24.0 Å². The summed E-state index contributed by atoms with van der Waals surface area (Å²) in [5.74, 6) is 0.245. The molecule has 3 heteroatoms. The molecule has 0 aliphatic heterocycles. The molecule has 3 nitrogen and oxygen atoms in total. The molecule has 0 spiro atoms. The van der Waals surface area contributed by atoms with Crippen molar-refractivity contribution in [1.29, 1.82) is 0 Å². The van der Waals surface area contributed by atoms with E-state index in [1.807, 2.05) is 27.0 Å². The van der Waals surface area contributed by atoms with E-state index in [2.05, 4.69) is 23.3 Å². The lowest BCUT2D eigenvalue weighted by atomic mass is 10.1. The third kappa shape index (κ3) is 3.45. The lowest BCUT2D eigenvalue weighted by Gasteiger charge is -2.19. The normalized spacial score (nSPS) is 11.2. The van der Waals surface area contributed by atoms with E-state index in [9.17, 15) is 4.79 Å². The van der Waals surface area contributed by atoms with Gasteiger partial charge in [-0.3, -0.25) is 9.69 Å². The summed E-state index contributed by atoms with van der Waals surface area (Å²) >= 11 is 0. The number of rotatable bonds is 7. The largest absolute Gasteiger partial charge is 0.351 e. The van der Waals surface area contributed by atoms with Gasteiger partial charge >= 0.3 is 0 Å². The Morgan fingerprint density at radius 1 is 1.33 bits per heavy atom. The molecule has 1 rings (SSSR count). The Morgan fingerprint density at radius 3 is 2.44 bits per heavy atom. The number of aromatic nitrogens is 1. The van der Waals surface area contributed by atoms with Gasteiger partial charge in [0.2, 0.25) is 0 Å². The summed E-state index contributed by atoms with van der Waals surface area (Å²) in [6.45, 7) is 10.9. The molecule has 0 atom stereocenters. The minimum atomic E-state index is 0.245. The van der Waals surface area contributed by atoms with Crippen LogP contribution in [-0.4, -0.2) is 34.9 Å². The van der Waals surface area contributed by atoms with Crippen molar-refractivity contribution in [2.24, 2.45) is 7.05 Å². The van der Waals surface area contributed by atoms with Crippen LogP contribution in [0.3, 0.4) is 0 Å². The smallest absolute Gasteiger partial charge is 0.178 e. The number of hydrogen-bond donors (Lipinski definition) is 0. The van der Waals surface area contributed by atoms with Crippen LogP contribution in [-0.2, 0) is 7.05 Å². The number of Topliss-reactive ketones (excluding diaryl/α,β-unsaturated/α-hetero) is 1. The van der Waals surface area contributed by atoms with E-state index in [-0.39, 0.29) is 5.78 Å². The number of hydrogen-bond acceptors (Lipinski definition) is 2. The van der Waals surface area contributed by atoms with E-state index in [0.717, 1.165) is 36.5 Å². The van der Waals surface area contributed by atoms with Crippen LogP contribution < -0.4 is 0 Å². The zero-order valence-electron chi connectivity index (χ0n) is 12.4. The highest BCUT2D eigenvalue weighted by Gasteiger charge is 2.16. The molecule has 0 amide bonds. The molecule has 0 fully saturated rings. The molecule has 0 N–H and O–H groups in total. The molecule has 102 valence electrons. The summed E-state index contributed by atoms with van der Waals surface area (Å²) in [6, 6.07) is 2.01. The second-order valence-electron chi connectivity index (χ2n) is 4.99. The zero-order chi connectivity index (χ0) is 13.7. The predicted octanol–water partition coefficient (Wildman–Crippen LogP) is 2.95. The molecule has 0 bridgehead atoms. The molecule has 0 saturated heterocycles. The van der Waals surface area contributed by atoms with Crippen molar-refractivity contribution in [1.82, 2.24) is 9.47 Å². The first-order valence-electron chi connectivity index (χ1n) is 6.89. The third-order valence-electron chi connectivity index (χ3n) is 3.72. The van der Waals surface area contributed by atoms with Gasteiger partial charge in [-0.1, -0.05) is 20.3 Å². The van der Waals surface area contributed by atoms with Crippen molar-refractivity contribution in [3.8, 4) is 0 Å². The number of unbranched alkanes of at least 4 members (excludes halogenated alkanes) is 1. The van der Waals surface area contributed by atoms with E-state index in [1.54, 1.807) is 0 Å². The highest BCUT2D eigenvalue weighted by atomic mass is 16.1. The second kappa shape index (κ2) is 6.74. The minimum Gasteiger partial charge on any atom is -0.351 e. The molecule has 18 heavy (non-hydrogen) atoms. The number of carbonyl (C=O) groups is 1. The van der Waals surface area contributed by atoms with Gasteiger partial charge in [0.05, 0.1) is 6.54 Å². The monoisotopic (exact) mass is 250 g/mol. The van der Waals surface area contributed by atoms with Gasteiger partial charge in [-0.15, -0.1) is 0 Å². The first-order valence-corrected chi connectivity index (χ1v) is 6.89. The zero-order valence-corrected chi connectivity index (χ0v) is 12.4. The fraction of sp³-hybridized carbons (Fsp3) is 0.667. The van der Waals surface area contributed by atoms with E-state index in [1.165, 1.54) is 6.42 Å². The van der Waals surface area contributed by atoms with E-state index in [0.29, 0.717) is 6.54 Å². The molecule has 1 aromatic rings. The molecule has 0 saturated carbocycles. The van der Waals surface area contributed by atoms with Crippen molar-refractivity contribution >= 4 is 5.78 Å². The Morgan fingerprint density at radius 2 is 2.00 bits per heavy atom. The van der Waals surface area contributed by atoms with Crippen LogP contribution in [0.5, 0.6) is 0 Å². The average Bonchev–Trinajstić information content (AvgIpc) is 2.62. The van der Waals surface area contributed by atoms with E-state index >= 15 is 0 Å². The quantitative estimate of drug-likeness (QED) is 0.695. The number of likely N-dealkylation sites (N-methyl/N-ethyl adjacent to an activating group) is 1. The van der Waals surface area contributed by atoms with Crippen molar-refractivity contribution in [2.75, 3.05) is 19.6 Å². The van der Waals surface area contributed by atoms with Crippen LogP contribution in [0.1, 0.15) is 48.4 Å². The maximum absolute atomic E-state index is 12.3. The lowest BCUT2D eigenvalue weighted by Crippen LogP contribution is -2.30. The molecular weight excluding hydrogens is 224 g/mol. The summed E-state index contributed by atoms with van der Waals surface area (Å²) in [5, 5.41) is 0. The predicted molar refractivity (Wildman–Crippen MR) is 76.2 cm³/mol. The topological polar surface area (TPSA) is 25.2 Å². The summed E-state index contributed by atoms with van der Waals surface area (Å²) in [6.07, 6.45) is 2.34. The van der Waals surface area contributed by atoms with Crippen molar-refractivity contribution in [3.05, 3.63) is 23.0 Å². The maximum atomic E-state index is 12.3. The molecule has 0 radical (unpaired) electrons. The number of ketones is 1. The van der Waals surface area contributed by atoms with Gasteiger partial charge in [-0.2, -0.15) is 0 Å². The Hall–Kier alpha value is -1.09. The van der Waals surface area contributed by atoms with Gasteiger partial charge < -0.3 is 4.57 Å². The summed E-state index contributed by atoms with van der Waals surface area (Å²) < 4.78 is 2.08. The van der Waals surface area contributed by atoms with E-state index < -0.39 is 0 Å². The molecule has 1 aromatic heterocycles. The van der Waals surface area contributed by atoms with Gasteiger partial charge in [0.25, 0.3) is 0 Å². The highest BCUT2D eigenvalue weighted by Crippen LogP contribution is 2.14. The lowest BCUT2D eigenvalue weighted by molar-refractivity contribution is 0.0932. The van der Waals surface area contributed by atoms with Crippen molar-refractivity contribution in [2.45, 2.75) is 40.5 Å². The minimum absolute atomic E-state index is 0.245. The highest BCUT2D eigenvalue weighted by molar-refractivity contribution is 5.99. The molecule has 0 aliphatic rings. The summed E-state index contributed by atoms with van der Waals surface area (Å²) in [4.78, 5) is 14.5. The van der Waals surface area contributed by atoms with Crippen LogP contribution in [0, 0.1) is 13.8 Å². The third-order valence-corrected chi connectivity index (χ3v) is 3.72. The molecule has 0 unspecified atom stereocenters. The Kier molecular flexibility index (Phi) is 5.60. The van der Waals surface area contributed by atoms with E-state index in [4.69, 9.17) is 0 Å². The van der Waals surface area contributed by atoms with Crippen LogP contribution >= 0.6 is 0 Å². The standard InChI is InChI=1S/C15H26N2O/c1-6-8-9-17(7-2)11-15(18)14-10-12(3)16(5)13(14)4/h10H,6-9,11H2,1-5H3. The van der Waals surface area contributed by atoms with Crippen molar-refractivity contribution < 1.29 is 4.79 Å². The average molecular weight is 250 g/mol. The number of nitrogens with zero attached hydrogens (tertiary/aromatic N) is 2. The van der Waals surface area contributed by atoms with Crippen LogP contribution in [0.15, 0.2) is 6.07 Å². The molecule has 1 heterocycles. The Bertz CT molecular complexity index is 407. The molecule has 0 aliphatic carbocycles. The molecular formula is C15H26N2O. The van der Waals surface area contributed by atoms with Gasteiger partial charge in [-0.05, 0) is 39.4 Å². The Labute approximate surface area is 111 Å². The Balaban J connectivity index is 2.71. The molecule has 0 aromatic carbocycles. The van der Waals surface area contributed by atoms with Crippen molar-refractivity contribution in [3.63, 3.8) is 0 Å². The summed E-state index contributed by atoms with van der Waals surface area (Å²) in [7, 11) is 2.01. The van der Waals surface area contributed by atoms with Gasteiger partial charge in [0.1, 0.15) is 0 Å². The first kappa shape index (κ1) is 15.0. The maximum Gasteiger partial charge on any atom is 0.178 e. The fourth-order valence-corrected chi connectivity index (χ4v) is 2.16. The van der Waals surface area contributed by atoms with Crippen LogP contribution in [0.4, 0.5) is 0 Å². The van der Waals surface area contributed by atoms with Gasteiger partial charge in [-0.25, -0.2) is 0 Å². The summed E-state index contributed by atoms with van der Waals surface area (Å²) in [5.41, 5.74) is 3.10. The first-order chi connectivity index (χ1) is 8.51. The van der Waals surface area contributed by atoms with Crippen LogP contribution in [0.25, 0.3) is 0 Å².